The van der Waals surface area contributed by atoms with Crippen molar-refractivity contribution in [1.29, 1.82) is 0 Å². The quantitative estimate of drug-likeness (QED) is 0.535. The van der Waals surface area contributed by atoms with E-state index in [1.165, 1.54) is 19.4 Å². The molecule has 2 unspecified atom stereocenters. The van der Waals surface area contributed by atoms with Crippen LogP contribution in [-0.4, -0.2) is 35.0 Å². The minimum Gasteiger partial charge on any atom is -0.481 e. The number of hydrogen-bond donors (Lipinski definition) is 4. The van der Waals surface area contributed by atoms with Gasteiger partial charge in [0.15, 0.2) is 0 Å². The van der Waals surface area contributed by atoms with Crippen molar-refractivity contribution >= 4 is 5.69 Å². The minimum absolute atomic E-state index is 0.248. The van der Waals surface area contributed by atoms with E-state index in [0.29, 0.717) is 17.7 Å². The number of nitrogens with two attached hydrogens (primary N) is 2. The standard InChI is InChI=1S/C10H17N3O3/c1-16-10-7(4-6(12)5-13-10)9(15)8(14)2-3-11/h4-5,8-9,14-15H,2-3,11-12H2,1H3. The molecule has 0 aliphatic heterocycles. The molecule has 0 bridgehead atoms. The van der Waals surface area contributed by atoms with E-state index in [2.05, 4.69) is 4.98 Å². The molecule has 90 valence electrons. The number of rotatable bonds is 5. The summed E-state index contributed by atoms with van der Waals surface area (Å²) in [6.45, 7) is 0.288. The van der Waals surface area contributed by atoms with Crippen LogP contribution in [0.2, 0.25) is 0 Å². The number of aliphatic hydroxyl groups excluding tert-OH is 2. The number of anilines is 1. The average Bonchev–Trinajstić information content (AvgIpc) is 2.28. The highest BCUT2D eigenvalue weighted by Gasteiger charge is 2.22. The average molecular weight is 227 g/mol. The predicted octanol–water partition coefficient (Wildman–Crippen LogP) is -0.584. The zero-order chi connectivity index (χ0) is 12.1. The van der Waals surface area contributed by atoms with Gasteiger partial charge in [-0.3, -0.25) is 0 Å². The molecule has 0 radical (unpaired) electrons. The minimum atomic E-state index is -1.10. The summed E-state index contributed by atoms with van der Waals surface area (Å²) in [5.41, 5.74) is 11.6. The first-order valence-electron chi connectivity index (χ1n) is 4.95. The van der Waals surface area contributed by atoms with E-state index in [9.17, 15) is 10.2 Å². The maximum atomic E-state index is 9.88. The number of nitrogens with zero attached hydrogens (tertiary/aromatic N) is 1. The van der Waals surface area contributed by atoms with E-state index in [4.69, 9.17) is 16.2 Å². The van der Waals surface area contributed by atoms with Gasteiger partial charge >= 0.3 is 0 Å². The van der Waals surface area contributed by atoms with Gasteiger partial charge in [-0.2, -0.15) is 0 Å². The topological polar surface area (TPSA) is 115 Å². The highest BCUT2D eigenvalue weighted by Crippen LogP contribution is 2.27. The molecule has 0 aliphatic carbocycles. The van der Waals surface area contributed by atoms with Gasteiger partial charge in [0.1, 0.15) is 6.10 Å². The molecule has 1 heterocycles. The van der Waals surface area contributed by atoms with E-state index in [0.717, 1.165) is 0 Å². The zero-order valence-corrected chi connectivity index (χ0v) is 9.13. The van der Waals surface area contributed by atoms with Gasteiger partial charge in [-0.15, -0.1) is 0 Å². The van der Waals surface area contributed by atoms with Gasteiger partial charge in [-0.05, 0) is 19.0 Å². The third-order valence-electron chi connectivity index (χ3n) is 2.24. The molecular weight excluding hydrogens is 210 g/mol. The van der Waals surface area contributed by atoms with Gasteiger partial charge in [-0.25, -0.2) is 4.98 Å². The molecule has 6 N–H and O–H groups in total. The molecule has 1 rings (SSSR count). The van der Waals surface area contributed by atoms with Crippen molar-refractivity contribution in [1.82, 2.24) is 4.98 Å². The first-order valence-corrected chi connectivity index (χ1v) is 4.95. The summed E-state index contributed by atoms with van der Waals surface area (Å²) < 4.78 is 4.98. The first kappa shape index (κ1) is 12.7. The van der Waals surface area contributed by atoms with Crippen molar-refractivity contribution in [3.63, 3.8) is 0 Å². The number of nitrogen functional groups attached to an aromatic ring is 1. The monoisotopic (exact) mass is 227 g/mol. The number of aromatic nitrogens is 1. The van der Waals surface area contributed by atoms with Crippen LogP contribution in [0.3, 0.4) is 0 Å². The van der Waals surface area contributed by atoms with E-state index in [-0.39, 0.29) is 12.4 Å². The second-order valence-electron chi connectivity index (χ2n) is 3.46. The number of ether oxygens (including phenoxy) is 1. The Bertz CT molecular complexity index is 346. The molecule has 0 saturated carbocycles. The van der Waals surface area contributed by atoms with Crippen molar-refractivity contribution in [2.24, 2.45) is 5.73 Å². The Morgan fingerprint density at radius 3 is 2.75 bits per heavy atom. The molecule has 0 aliphatic rings. The van der Waals surface area contributed by atoms with Crippen molar-refractivity contribution in [2.75, 3.05) is 19.4 Å². The lowest BCUT2D eigenvalue weighted by Crippen LogP contribution is -2.22. The summed E-state index contributed by atoms with van der Waals surface area (Å²) in [7, 11) is 1.43. The summed E-state index contributed by atoms with van der Waals surface area (Å²) >= 11 is 0. The lowest BCUT2D eigenvalue weighted by Gasteiger charge is -2.19. The van der Waals surface area contributed by atoms with Crippen LogP contribution in [-0.2, 0) is 0 Å². The Labute approximate surface area is 93.9 Å². The summed E-state index contributed by atoms with van der Waals surface area (Å²) in [5, 5.41) is 19.5. The fourth-order valence-corrected chi connectivity index (χ4v) is 1.40. The molecule has 0 saturated heterocycles. The number of hydrogen-bond acceptors (Lipinski definition) is 6. The Morgan fingerprint density at radius 2 is 2.19 bits per heavy atom. The van der Waals surface area contributed by atoms with Gasteiger partial charge in [0.2, 0.25) is 5.88 Å². The van der Waals surface area contributed by atoms with Crippen LogP contribution in [0, 0.1) is 0 Å². The van der Waals surface area contributed by atoms with Gasteiger partial charge in [-0.1, -0.05) is 0 Å². The largest absolute Gasteiger partial charge is 0.481 e. The van der Waals surface area contributed by atoms with Crippen LogP contribution >= 0.6 is 0 Å². The molecule has 0 fully saturated rings. The fraction of sp³-hybridized carbons (Fsp3) is 0.500. The van der Waals surface area contributed by atoms with Crippen molar-refractivity contribution in [3.05, 3.63) is 17.8 Å². The van der Waals surface area contributed by atoms with E-state index in [1.54, 1.807) is 0 Å². The molecule has 6 nitrogen and oxygen atoms in total. The van der Waals surface area contributed by atoms with Crippen LogP contribution in [0.5, 0.6) is 5.88 Å². The molecule has 16 heavy (non-hydrogen) atoms. The number of aliphatic hydroxyl groups is 2. The molecule has 0 amide bonds. The molecule has 2 atom stereocenters. The lowest BCUT2D eigenvalue weighted by atomic mass is 10.0. The van der Waals surface area contributed by atoms with Gasteiger partial charge in [0.05, 0.1) is 25.1 Å². The van der Waals surface area contributed by atoms with E-state index < -0.39 is 12.2 Å². The normalized spacial score (nSPS) is 14.5. The van der Waals surface area contributed by atoms with Gasteiger partial charge in [0, 0.05) is 5.56 Å². The second kappa shape index (κ2) is 5.64. The van der Waals surface area contributed by atoms with Gasteiger partial charge in [0.25, 0.3) is 0 Å². The maximum absolute atomic E-state index is 9.88. The number of methoxy groups -OCH3 is 1. The summed E-state index contributed by atoms with van der Waals surface area (Å²) in [4.78, 5) is 3.91. The SMILES string of the molecule is COc1ncc(N)cc1C(O)C(O)CCN. The Hall–Kier alpha value is -1.37. The molecule has 0 aromatic carbocycles. The second-order valence-corrected chi connectivity index (χ2v) is 3.46. The highest BCUT2D eigenvalue weighted by atomic mass is 16.5. The fourth-order valence-electron chi connectivity index (χ4n) is 1.40. The van der Waals surface area contributed by atoms with E-state index in [1.807, 2.05) is 0 Å². The van der Waals surface area contributed by atoms with Crippen LogP contribution in [0.4, 0.5) is 5.69 Å². The van der Waals surface area contributed by atoms with Gasteiger partial charge < -0.3 is 26.4 Å². The van der Waals surface area contributed by atoms with Crippen LogP contribution in [0.25, 0.3) is 0 Å². The molecule has 6 heteroatoms. The maximum Gasteiger partial charge on any atom is 0.219 e. The first-order chi connectivity index (χ1) is 7.60. The Balaban J connectivity index is 2.96. The molecule has 0 spiro atoms. The number of pyridine rings is 1. The summed E-state index contributed by atoms with van der Waals surface area (Å²) in [6, 6.07) is 1.52. The molecular formula is C10H17N3O3. The highest BCUT2D eigenvalue weighted by molar-refractivity contribution is 5.43. The van der Waals surface area contributed by atoms with Crippen molar-refractivity contribution < 1.29 is 14.9 Å². The van der Waals surface area contributed by atoms with E-state index >= 15 is 0 Å². The zero-order valence-electron chi connectivity index (χ0n) is 9.13. The van der Waals surface area contributed by atoms with Crippen LogP contribution in [0.15, 0.2) is 12.3 Å². The molecule has 1 aromatic rings. The Morgan fingerprint density at radius 1 is 1.50 bits per heavy atom. The Kier molecular flexibility index (Phi) is 4.48. The predicted molar refractivity (Wildman–Crippen MR) is 59.8 cm³/mol. The van der Waals surface area contributed by atoms with Crippen LogP contribution in [0.1, 0.15) is 18.1 Å². The third kappa shape index (κ3) is 2.82. The lowest BCUT2D eigenvalue weighted by molar-refractivity contribution is 0.0134. The van der Waals surface area contributed by atoms with Crippen LogP contribution < -0.4 is 16.2 Å². The molecule has 1 aromatic heterocycles. The third-order valence-corrected chi connectivity index (χ3v) is 2.24. The summed E-state index contributed by atoms with van der Waals surface area (Å²) in [5.74, 6) is 0.248. The summed E-state index contributed by atoms with van der Waals surface area (Å²) in [6.07, 6.45) is -0.347. The smallest absolute Gasteiger partial charge is 0.219 e. The van der Waals surface area contributed by atoms with Crippen molar-refractivity contribution in [2.45, 2.75) is 18.6 Å². The van der Waals surface area contributed by atoms with Crippen molar-refractivity contribution in [3.8, 4) is 5.88 Å².